The Balaban J connectivity index is 1.75. The van der Waals surface area contributed by atoms with E-state index < -0.39 is 14.4 Å². The van der Waals surface area contributed by atoms with Crippen molar-refractivity contribution in [1.29, 1.82) is 0 Å². The first-order valence-corrected chi connectivity index (χ1v) is 13.6. The largest absolute Gasteiger partial charge is 0.465 e. The lowest BCUT2D eigenvalue weighted by atomic mass is 10.0. The van der Waals surface area contributed by atoms with Crippen LogP contribution in [0.2, 0.25) is 18.1 Å². The first-order chi connectivity index (χ1) is 14.5. The lowest BCUT2D eigenvalue weighted by Gasteiger charge is -2.38. The fourth-order valence-electron chi connectivity index (χ4n) is 3.66. The monoisotopic (exact) mass is 446 g/mol. The summed E-state index contributed by atoms with van der Waals surface area (Å²) >= 11 is 0. The summed E-state index contributed by atoms with van der Waals surface area (Å²) in [5.74, 6) is 0.419. The van der Waals surface area contributed by atoms with Crippen LogP contribution in [0.25, 0.3) is 11.5 Å². The fraction of sp³-hybridized carbons (Fsp3) is 0.591. The highest BCUT2D eigenvalue weighted by Gasteiger charge is 2.41. The van der Waals surface area contributed by atoms with Crippen LogP contribution >= 0.6 is 0 Å². The van der Waals surface area contributed by atoms with E-state index in [0.717, 1.165) is 30.6 Å². The van der Waals surface area contributed by atoms with Crippen LogP contribution in [0.5, 0.6) is 0 Å². The molecule has 1 aliphatic rings. The second-order valence-electron chi connectivity index (χ2n) is 9.83. The molecule has 3 rings (SSSR count). The van der Waals surface area contributed by atoms with Gasteiger partial charge in [0.25, 0.3) is 0 Å². The maximum absolute atomic E-state index is 11.8. The molecule has 1 aromatic carbocycles. The molecule has 1 fully saturated rings. The number of amides is 1. The number of likely N-dealkylation sites (N-methyl/N-ethyl adjacent to an activating group) is 1. The van der Waals surface area contributed by atoms with Gasteiger partial charge in [0, 0.05) is 32.2 Å². The molecule has 1 unspecified atom stereocenters. The van der Waals surface area contributed by atoms with Crippen molar-refractivity contribution in [3.8, 4) is 11.5 Å². The molecule has 1 N–H and O–H groups in total. The van der Waals surface area contributed by atoms with Crippen LogP contribution in [0.15, 0.2) is 35.1 Å². The van der Waals surface area contributed by atoms with Crippen LogP contribution in [0.1, 0.15) is 38.8 Å². The summed E-state index contributed by atoms with van der Waals surface area (Å²) in [6.07, 6.45) is 1.50. The number of carbonyl (C=O) groups is 1. The summed E-state index contributed by atoms with van der Waals surface area (Å²) in [5, 5.41) is 17.5. The fourth-order valence-corrected chi connectivity index (χ4v) is 5.04. The van der Waals surface area contributed by atoms with Gasteiger partial charge in [0.1, 0.15) is 0 Å². The topological polar surface area (TPSA) is 91.9 Å². The first-order valence-electron chi connectivity index (χ1n) is 10.7. The maximum atomic E-state index is 11.8. The number of hydrogen-bond acceptors (Lipinski definition) is 6. The van der Waals surface area contributed by atoms with Gasteiger partial charge in [-0.25, -0.2) is 4.79 Å². The molecular formula is C22H34N4O4Si. The van der Waals surface area contributed by atoms with E-state index in [-0.39, 0.29) is 17.2 Å². The molecule has 8 nitrogen and oxygen atoms in total. The third kappa shape index (κ3) is 5.52. The van der Waals surface area contributed by atoms with E-state index in [1.54, 1.807) is 7.05 Å². The Kier molecular flexibility index (Phi) is 6.87. The Labute approximate surface area is 185 Å². The van der Waals surface area contributed by atoms with E-state index >= 15 is 0 Å². The molecule has 0 aliphatic carbocycles. The highest BCUT2D eigenvalue weighted by molar-refractivity contribution is 6.74. The number of nitrogens with zero attached hydrogens (tertiary/aromatic N) is 4. The molecule has 1 saturated heterocycles. The SMILES string of the molecule is CN(C(=O)O)[C@H](CN1CCC(O[Si](C)(C)C(C)(C)C)C1)c1cccc(-c2nnco2)c1. The Hall–Kier alpha value is -2.23. The van der Waals surface area contributed by atoms with Crippen molar-refractivity contribution in [2.24, 2.45) is 0 Å². The van der Waals surface area contributed by atoms with Gasteiger partial charge in [-0.15, -0.1) is 10.2 Å². The Morgan fingerprint density at radius 1 is 1.42 bits per heavy atom. The Bertz CT molecular complexity index is 882. The molecule has 1 amide bonds. The van der Waals surface area contributed by atoms with Crippen molar-refractivity contribution in [2.45, 2.75) is 57.5 Å². The highest BCUT2D eigenvalue weighted by Crippen LogP contribution is 2.38. The van der Waals surface area contributed by atoms with Crippen molar-refractivity contribution >= 4 is 14.4 Å². The maximum Gasteiger partial charge on any atom is 0.407 e. The van der Waals surface area contributed by atoms with E-state index in [9.17, 15) is 9.90 Å². The van der Waals surface area contributed by atoms with E-state index in [0.29, 0.717) is 12.4 Å². The molecule has 2 atom stereocenters. The van der Waals surface area contributed by atoms with Crippen LogP contribution in [0.3, 0.4) is 0 Å². The van der Waals surface area contributed by atoms with Crippen LogP contribution in [-0.4, -0.2) is 72.3 Å². The normalized spacial score (nSPS) is 18.8. The Morgan fingerprint density at radius 2 is 2.16 bits per heavy atom. The molecule has 1 aliphatic heterocycles. The second-order valence-corrected chi connectivity index (χ2v) is 14.6. The molecule has 1 aromatic heterocycles. The molecule has 2 heterocycles. The molecule has 0 spiro atoms. The van der Waals surface area contributed by atoms with Crippen LogP contribution in [0.4, 0.5) is 4.79 Å². The quantitative estimate of drug-likeness (QED) is 0.627. The molecule has 9 heteroatoms. The number of likely N-dealkylation sites (tertiary alicyclic amines) is 1. The van der Waals surface area contributed by atoms with Gasteiger partial charge in [-0.2, -0.15) is 0 Å². The van der Waals surface area contributed by atoms with Crippen LogP contribution in [-0.2, 0) is 4.43 Å². The number of aromatic nitrogens is 2. The lowest BCUT2D eigenvalue weighted by Crippen LogP contribution is -2.45. The third-order valence-corrected chi connectivity index (χ3v) is 11.1. The minimum absolute atomic E-state index is 0.168. The average molecular weight is 447 g/mol. The van der Waals surface area contributed by atoms with E-state index in [4.69, 9.17) is 8.84 Å². The smallest absolute Gasteiger partial charge is 0.407 e. The molecule has 31 heavy (non-hydrogen) atoms. The molecule has 2 aromatic rings. The minimum Gasteiger partial charge on any atom is -0.465 e. The van der Waals surface area contributed by atoms with Gasteiger partial charge in [0.2, 0.25) is 12.3 Å². The van der Waals surface area contributed by atoms with Gasteiger partial charge in [-0.05, 0) is 42.2 Å². The highest BCUT2D eigenvalue weighted by atomic mass is 28.4. The minimum atomic E-state index is -1.84. The zero-order valence-corrected chi connectivity index (χ0v) is 20.3. The number of benzene rings is 1. The molecular weight excluding hydrogens is 412 g/mol. The van der Waals surface area contributed by atoms with Gasteiger partial charge < -0.3 is 18.8 Å². The standard InChI is InChI=1S/C22H34N4O4Si/c1-22(2,3)31(5,6)30-18-10-11-26(13-18)14-19(25(4)21(27)28)16-8-7-9-17(12-16)20-24-23-15-29-20/h7-9,12,15,18-19H,10-11,13-14H2,1-6H3,(H,27,28)/t18?,19-/m1/s1. The number of carboxylic acid groups (broad SMARTS) is 1. The Morgan fingerprint density at radius 3 is 2.77 bits per heavy atom. The predicted octanol–water partition coefficient (Wildman–Crippen LogP) is 4.48. The number of hydrogen-bond donors (Lipinski definition) is 1. The van der Waals surface area contributed by atoms with Gasteiger partial charge in [-0.3, -0.25) is 4.90 Å². The van der Waals surface area contributed by atoms with Gasteiger partial charge in [-0.1, -0.05) is 32.9 Å². The summed E-state index contributed by atoms with van der Waals surface area (Å²) in [5.41, 5.74) is 1.67. The van der Waals surface area contributed by atoms with Crippen LogP contribution in [0, 0.1) is 0 Å². The summed E-state index contributed by atoms with van der Waals surface area (Å²) in [4.78, 5) is 15.5. The lowest BCUT2D eigenvalue weighted by molar-refractivity contribution is 0.121. The van der Waals surface area contributed by atoms with Gasteiger partial charge in [0.05, 0.1) is 12.1 Å². The van der Waals surface area contributed by atoms with Crippen molar-refractivity contribution in [3.05, 3.63) is 36.2 Å². The van der Waals surface area contributed by atoms with Crippen molar-refractivity contribution in [3.63, 3.8) is 0 Å². The second kappa shape index (κ2) is 9.10. The van der Waals surface area contributed by atoms with Gasteiger partial charge >= 0.3 is 6.09 Å². The molecule has 0 saturated carbocycles. The summed E-state index contributed by atoms with van der Waals surface area (Å²) in [6.45, 7) is 13.6. The van der Waals surface area contributed by atoms with E-state index in [1.165, 1.54) is 11.3 Å². The van der Waals surface area contributed by atoms with Crippen molar-refractivity contribution < 1.29 is 18.7 Å². The summed E-state index contributed by atoms with van der Waals surface area (Å²) in [6, 6.07) is 7.34. The predicted molar refractivity (Wildman–Crippen MR) is 121 cm³/mol. The molecule has 170 valence electrons. The average Bonchev–Trinajstić information content (AvgIpc) is 3.36. The van der Waals surface area contributed by atoms with Gasteiger partial charge in [0.15, 0.2) is 8.32 Å². The first kappa shape index (κ1) is 23.4. The summed E-state index contributed by atoms with van der Waals surface area (Å²) in [7, 11) is -0.219. The van der Waals surface area contributed by atoms with Crippen molar-refractivity contribution in [1.82, 2.24) is 20.0 Å². The zero-order valence-electron chi connectivity index (χ0n) is 19.3. The van der Waals surface area contributed by atoms with Crippen LogP contribution < -0.4 is 0 Å². The molecule has 0 bridgehead atoms. The zero-order chi connectivity index (χ0) is 22.8. The van der Waals surface area contributed by atoms with Crippen molar-refractivity contribution in [2.75, 3.05) is 26.7 Å². The third-order valence-electron chi connectivity index (χ3n) is 6.58. The van der Waals surface area contributed by atoms with E-state index in [1.807, 2.05) is 24.3 Å². The molecule has 0 radical (unpaired) electrons. The number of rotatable bonds is 7. The summed E-state index contributed by atoms with van der Waals surface area (Å²) < 4.78 is 11.9. The van der Waals surface area contributed by atoms with E-state index in [2.05, 4.69) is 49.0 Å².